The molecule has 0 bridgehead atoms. The van der Waals surface area contributed by atoms with Crippen LogP contribution in [0.15, 0.2) is 11.8 Å². The second-order valence-electron chi connectivity index (χ2n) is 14.1. The predicted molar refractivity (Wildman–Crippen MR) is 153 cm³/mol. The van der Waals surface area contributed by atoms with Crippen LogP contribution in [0.5, 0.6) is 0 Å². The highest BCUT2D eigenvalue weighted by Crippen LogP contribution is 2.50. The minimum atomic E-state index is -1.21. The van der Waals surface area contributed by atoms with E-state index in [0.717, 1.165) is 51.7 Å². The number of nitrogens with one attached hydrogen (secondary N) is 2. The summed E-state index contributed by atoms with van der Waals surface area (Å²) in [5.74, 6) is 0.260. The molecule has 2 N–H and O–H groups in total. The lowest BCUT2D eigenvalue weighted by Crippen LogP contribution is -2.73. The first-order valence-electron chi connectivity index (χ1n) is 16.6. The third-order valence-corrected chi connectivity index (χ3v) is 11.8. The molecule has 1 amide bonds. The zero-order valence-electron chi connectivity index (χ0n) is 24.6. The lowest BCUT2D eigenvalue weighted by atomic mass is 9.65. The number of ether oxygens (including phenoxy) is 2. The molecule has 0 aromatic rings. The van der Waals surface area contributed by atoms with E-state index in [-0.39, 0.29) is 48.0 Å². The largest absolute Gasteiger partial charge is 0.377 e. The lowest BCUT2D eigenvalue weighted by molar-refractivity contribution is -0.208. The molecule has 0 aromatic carbocycles. The molecular weight excluding hydrogens is 523 g/mol. The molecule has 9 unspecified atom stereocenters. The summed E-state index contributed by atoms with van der Waals surface area (Å²) in [4.78, 5) is 32.0. The number of hydrogen-bond acceptors (Lipinski definition) is 7. The maximum Gasteiger partial charge on any atom is 0.256 e. The number of alkyl halides is 1. The van der Waals surface area contributed by atoms with Crippen molar-refractivity contribution in [3.05, 3.63) is 11.8 Å². The Morgan fingerprint density at radius 2 is 1.90 bits per heavy atom. The summed E-state index contributed by atoms with van der Waals surface area (Å²) in [7, 11) is 2.14. The Kier molecular flexibility index (Phi) is 8.16. The van der Waals surface area contributed by atoms with Gasteiger partial charge in [0, 0.05) is 37.9 Å². The van der Waals surface area contributed by atoms with E-state index in [1.165, 1.54) is 32.1 Å². The minimum absolute atomic E-state index is 0.000229. The van der Waals surface area contributed by atoms with Crippen LogP contribution in [-0.2, 0) is 19.1 Å². The van der Waals surface area contributed by atoms with Crippen molar-refractivity contribution in [3.8, 4) is 0 Å². The molecule has 228 valence electrons. The van der Waals surface area contributed by atoms with Gasteiger partial charge in [-0.15, -0.1) is 0 Å². The van der Waals surface area contributed by atoms with Gasteiger partial charge in [0.2, 0.25) is 0 Å². The molecule has 0 spiro atoms. The van der Waals surface area contributed by atoms with Crippen LogP contribution < -0.4 is 10.6 Å². The van der Waals surface area contributed by atoms with Crippen LogP contribution >= 0.6 is 0 Å². The Morgan fingerprint density at radius 1 is 1.07 bits per heavy atom. The van der Waals surface area contributed by atoms with E-state index in [0.29, 0.717) is 31.0 Å². The zero-order valence-corrected chi connectivity index (χ0v) is 24.6. The van der Waals surface area contributed by atoms with Crippen LogP contribution in [0.3, 0.4) is 0 Å². The van der Waals surface area contributed by atoms with E-state index in [2.05, 4.69) is 27.5 Å². The third kappa shape index (κ3) is 5.38. The number of carbonyl (C=O) groups excluding carboxylic acids is 2. The van der Waals surface area contributed by atoms with Gasteiger partial charge in [-0.2, -0.15) is 0 Å². The fourth-order valence-electron chi connectivity index (χ4n) is 9.56. The fraction of sp³-hybridized carbons (Fsp3) is 0.875. The first-order valence-corrected chi connectivity index (χ1v) is 16.6. The van der Waals surface area contributed by atoms with Gasteiger partial charge in [0.25, 0.3) is 5.91 Å². The molecule has 3 saturated heterocycles. The molecule has 3 aliphatic carbocycles. The van der Waals surface area contributed by atoms with Gasteiger partial charge in [-0.1, -0.05) is 25.7 Å². The highest BCUT2D eigenvalue weighted by Gasteiger charge is 2.59. The van der Waals surface area contributed by atoms with E-state index in [4.69, 9.17) is 9.47 Å². The summed E-state index contributed by atoms with van der Waals surface area (Å²) in [5, 5.41) is 6.55. The summed E-state index contributed by atoms with van der Waals surface area (Å²) in [6.07, 6.45) is 12.8. The fourth-order valence-corrected chi connectivity index (χ4v) is 9.56. The molecule has 3 saturated carbocycles. The van der Waals surface area contributed by atoms with E-state index in [1.54, 1.807) is 0 Å². The quantitative estimate of drug-likeness (QED) is 0.454. The normalized spacial score (nSPS) is 44.1. The van der Waals surface area contributed by atoms with Gasteiger partial charge in [0.05, 0.1) is 42.0 Å². The molecular formula is C32H49FN4O4. The number of likely N-dealkylation sites (tertiary alicyclic amines) is 1. The van der Waals surface area contributed by atoms with Crippen LogP contribution in [0, 0.1) is 17.8 Å². The van der Waals surface area contributed by atoms with Gasteiger partial charge in [0.1, 0.15) is 6.17 Å². The number of nitrogens with zero attached hydrogens (tertiary/aromatic N) is 2. The van der Waals surface area contributed by atoms with Crippen LogP contribution in [-0.4, -0.2) is 103 Å². The van der Waals surface area contributed by atoms with Crippen LogP contribution in [0.2, 0.25) is 0 Å². The Bertz CT molecular complexity index is 1020. The number of ketones is 1. The Morgan fingerprint density at radius 3 is 2.66 bits per heavy atom. The molecule has 4 heterocycles. The number of halogens is 1. The highest BCUT2D eigenvalue weighted by molar-refractivity contribution is 6.20. The summed E-state index contributed by atoms with van der Waals surface area (Å²) < 4.78 is 28.7. The predicted octanol–water partition coefficient (Wildman–Crippen LogP) is 2.96. The minimum Gasteiger partial charge on any atom is -0.377 e. The Hall–Kier alpha value is -1.55. The number of fused-ring (bicyclic) bond motifs is 3. The maximum atomic E-state index is 16.0. The number of carbonyl (C=O) groups is 2. The molecule has 8 nitrogen and oxygen atoms in total. The van der Waals surface area contributed by atoms with E-state index < -0.39 is 24.2 Å². The first kappa shape index (κ1) is 28.2. The molecule has 11 atom stereocenters. The molecule has 0 radical (unpaired) electrons. The average Bonchev–Trinajstić information content (AvgIpc) is 3.64. The monoisotopic (exact) mass is 572 g/mol. The van der Waals surface area contributed by atoms with Gasteiger partial charge < -0.3 is 29.9 Å². The van der Waals surface area contributed by atoms with Crippen LogP contribution in [0.1, 0.15) is 77.0 Å². The molecule has 0 aromatic heterocycles. The molecule has 6 fully saturated rings. The van der Waals surface area contributed by atoms with Crippen molar-refractivity contribution in [1.82, 2.24) is 20.4 Å². The van der Waals surface area contributed by atoms with Crippen molar-refractivity contribution >= 4 is 11.7 Å². The third-order valence-electron chi connectivity index (χ3n) is 11.8. The van der Waals surface area contributed by atoms with Gasteiger partial charge in [0.15, 0.2) is 5.78 Å². The van der Waals surface area contributed by atoms with Gasteiger partial charge in [-0.3, -0.25) is 9.59 Å². The molecule has 4 aliphatic heterocycles. The van der Waals surface area contributed by atoms with Crippen molar-refractivity contribution in [2.24, 2.45) is 17.8 Å². The van der Waals surface area contributed by atoms with Gasteiger partial charge in [-0.25, -0.2) is 4.39 Å². The van der Waals surface area contributed by atoms with Gasteiger partial charge >= 0.3 is 0 Å². The highest BCUT2D eigenvalue weighted by atomic mass is 19.1. The Labute approximate surface area is 244 Å². The maximum absolute atomic E-state index is 16.0. The second kappa shape index (κ2) is 11.9. The van der Waals surface area contributed by atoms with Gasteiger partial charge in [-0.05, 0) is 76.8 Å². The molecule has 41 heavy (non-hydrogen) atoms. The van der Waals surface area contributed by atoms with Crippen LogP contribution in [0.4, 0.5) is 4.39 Å². The molecule has 7 rings (SSSR count). The van der Waals surface area contributed by atoms with E-state index in [9.17, 15) is 9.59 Å². The second-order valence-corrected chi connectivity index (χ2v) is 14.1. The van der Waals surface area contributed by atoms with Crippen molar-refractivity contribution < 1.29 is 23.5 Å². The number of morpholine rings is 1. The summed E-state index contributed by atoms with van der Waals surface area (Å²) in [6, 6.07) is -0.0995. The molecule has 7 aliphatic rings. The zero-order chi connectivity index (χ0) is 28.1. The van der Waals surface area contributed by atoms with Crippen molar-refractivity contribution in [1.29, 1.82) is 0 Å². The summed E-state index contributed by atoms with van der Waals surface area (Å²) in [5.41, 5.74) is 0.217. The SMILES string of the molecule is CN1CCC[C@@H]1CCNC(=O)C1=CN2C3CC4CCCCC4CC3OC3C(NC[C@H]4CCCO4)C(F)CC(C1=O)C32. The van der Waals surface area contributed by atoms with Crippen molar-refractivity contribution in [3.63, 3.8) is 0 Å². The summed E-state index contributed by atoms with van der Waals surface area (Å²) in [6.45, 7) is 3.02. The number of rotatable bonds is 7. The van der Waals surface area contributed by atoms with E-state index >= 15 is 4.39 Å². The number of hydrogen-bond donors (Lipinski definition) is 2. The topological polar surface area (TPSA) is 83.1 Å². The molecule has 9 heteroatoms. The van der Waals surface area contributed by atoms with Crippen molar-refractivity contribution in [2.75, 3.05) is 33.3 Å². The summed E-state index contributed by atoms with van der Waals surface area (Å²) >= 11 is 0. The number of Topliss-reactive ketones (excluding diaryl/α,β-unsaturated/α-hetero) is 1. The van der Waals surface area contributed by atoms with Crippen LogP contribution in [0.25, 0.3) is 0 Å². The Balaban J connectivity index is 1.13. The van der Waals surface area contributed by atoms with Crippen molar-refractivity contribution in [2.45, 2.75) is 126 Å². The standard InChI is InChI=1S/C32H49FN4O4/c1-36-12-4-8-21(36)10-11-34-32(39)24-18-37-26-14-19-6-2-3-7-20(19)15-27(26)41-31-28(35-17-22-9-5-13-40-22)25(33)16-23(29(31)37)30(24)38/h18-23,25-29,31,35H,2-17H2,1H3,(H,34,39)/t19?,20?,21-,22-,23?,25?,26?,27?,28?,29?,31?/m1/s1. The van der Waals surface area contributed by atoms with E-state index in [1.807, 2.05) is 6.20 Å². The lowest BCUT2D eigenvalue weighted by Gasteiger charge is -2.61. The number of amides is 1. The smallest absolute Gasteiger partial charge is 0.256 e. The first-order chi connectivity index (χ1) is 20.0. The average molecular weight is 573 g/mol.